The minimum absolute atomic E-state index is 0.278. The Labute approximate surface area is 92.8 Å². The number of hydrazine groups is 4. The minimum Gasteiger partial charge on any atom is -0.233 e. The smallest absolute Gasteiger partial charge is 0.233 e. The van der Waals surface area contributed by atoms with Crippen molar-refractivity contribution in [2.75, 3.05) is 5.12 Å². The largest absolute Gasteiger partial charge is 0.342 e. The van der Waals surface area contributed by atoms with Crippen molar-refractivity contribution in [2.45, 2.75) is 0 Å². The topological polar surface area (TPSA) is 136 Å². The van der Waals surface area contributed by atoms with Crippen LogP contribution in [0.1, 0.15) is 0 Å². The van der Waals surface area contributed by atoms with Crippen LogP contribution in [0.15, 0.2) is 30.3 Å². The lowest BCUT2D eigenvalue weighted by molar-refractivity contribution is -0.937. The molecule has 0 atom stereocenters. The molecule has 0 N–H and O–H groups in total. The van der Waals surface area contributed by atoms with Gasteiger partial charge in [-0.15, -0.1) is 0 Å². The van der Waals surface area contributed by atoms with E-state index in [4.69, 9.17) is 0 Å². The number of hydrogen-bond donors (Lipinski definition) is 0. The monoisotopic (exact) mass is 243 g/mol. The van der Waals surface area contributed by atoms with E-state index < -0.39 is 20.3 Å². The summed E-state index contributed by atoms with van der Waals surface area (Å²) in [6, 6.07) is 6.46. The zero-order valence-corrected chi connectivity index (χ0v) is 8.07. The lowest BCUT2D eigenvalue weighted by Gasteiger charge is -2.11. The first-order valence-electron chi connectivity index (χ1n) is 4.03. The highest BCUT2D eigenvalue weighted by atomic mass is 16.8. The predicted octanol–water partition coefficient (Wildman–Crippen LogP) is 0.285. The highest BCUT2D eigenvalue weighted by Crippen LogP contribution is 2.15. The number of nitro groups is 3. The molecule has 0 saturated heterocycles. The van der Waals surface area contributed by atoms with Crippen molar-refractivity contribution in [3.05, 3.63) is 60.7 Å². The molecule has 90 valence electrons. The molecule has 1 aromatic rings. The van der Waals surface area contributed by atoms with Crippen molar-refractivity contribution in [3.8, 4) is 0 Å². The molecule has 0 bridgehead atoms. The molecule has 0 saturated carbocycles. The summed E-state index contributed by atoms with van der Waals surface area (Å²) in [6.07, 6.45) is 0. The lowest BCUT2D eigenvalue weighted by Crippen LogP contribution is -2.52. The fourth-order valence-electron chi connectivity index (χ4n) is 1.02. The Morgan fingerprint density at radius 2 is 1.29 bits per heavy atom. The number of benzene rings is 1. The van der Waals surface area contributed by atoms with Crippen LogP contribution in [-0.4, -0.2) is 20.3 Å². The van der Waals surface area contributed by atoms with E-state index in [1.54, 1.807) is 0 Å². The van der Waals surface area contributed by atoms with E-state index in [1.807, 2.05) is 0 Å². The second-order valence-corrected chi connectivity index (χ2v) is 2.61. The molecule has 1 aromatic carbocycles. The number of anilines is 1. The van der Waals surface area contributed by atoms with Gasteiger partial charge in [0.15, 0.2) is 5.03 Å². The van der Waals surface area contributed by atoms with Gasteiger partial charge in [0.25, 0.3) is 10.1 Å². The average Bonchev–Trinajstić information content (AvgIpc) is 2.25. The van der Waals surface area contributed by atoms with E-state index >= 15 is 0 Å². The van der Waals surface area contributed by atoms with Gasteiger partial charge < -0.3 is 0 Å². The van der Waals surface area contributed by atoms with E-state index in [2.05, 4.69) is 0 Å². The van der Waals surface area contributed by atoms with Crippen molar-refractivity contribution < 1.29 is 15.1 Å². The van der Waals surface area contributed by atoms with Crippen LogP contribution in [0.25, 0.3) is 0 Å². The first-order chi connectivity index (χ1) is 7.95. The standard InChI is InChI=1S/C6H5N5O6/c12-9(13)7(6-4-2-1-3-5-6)8(10(14)15)11(16)17/h1-5H. The summed E-state index contributed by atoms with van der Waals surface area (Å²) < 4.78 is 0. The third-order valence-electron chi connectivity index (χ3n) is 1.60. The van der Waals surface area contributed by atoms with Crippen LogP contribution in [0.2, 0.25) is 0 Å². The summed E-state index contributed by atoms with van der Waals surface area (Å²) >= 11 is 0. The van der Waals surface area contributed by atoms with Crippen LogP contribution >= 0.6 is 0 Å². The van der Waals surface area contributed by atoms with Gasteiger partial charge in [-0.05, 0) is 12.1 Å². The van der Waals surface area contributed by atoms with Gasteiger partial charge in [0.1, 0.15) is 10.8 Å². The Morgan fingerprint density at radius 3 is 1.65 bits per heavy atom. The summed E-state index contributed by atoms with van der Waals surface area (Å²) in [5, 5.41) is 26.1. The number of rotatable bonds is 5. The summed E-state index contributed by atoms with van der Waals surface area (Å²) in [4.78, 5) is 31.4. The first-order valence-corrected chi connectivity index (χ1v) is 4.03. The molecule has 11 nitrogen and oxygen atoms in total. The van der Waals surface area contributed by atoms with Crippen LogP contribution in [0.4, 0.5) is 5.69 Å². The Balaban J connectivity index is 3.22. The molecular formula is C6H5N5O6. The average molecular weight is 243 g/mol. The number of para-hydroxylation sites is 1. The van der Waals surface area contributed by atoms with E-state index in [9.17, 15) is 30.3 Å². The molecule has 0 unspecified atom stereocenters. The molecule has 0 heterocycles. The normalized spacial score (nSPS) is 9.41. The quantitative estimate of drug-likeness (QED) is 0.531. The van der Waals surface area contributed by atoms with Gasteiger partial charge in [-0.1, -0.05) is 18.2 Å². The molecule has 0 amide bonds. The number of nitrogens with zero attached hydrogens (tertiary/aromatic N) is 5. The summed E-state index contributed by atoms with van der Waals surface area (Å²) in [5.41, 5.74) is -0.314. The summed E-state index contributed by atoms with van der Waals surface area (Å²) in [5.74, 6) is 0. The van der Waals surface area contributed by atoms with Crippen molar-refractivity contribution in [3.63, 3.8) is 0 Å². The van der Waals surface area contributed by atoms with Crippen molar-refractivity contribution in [1.29, 1.82) is 0 Å². The third-order valence-corrected chi connectivity index (χ3v) is 1.60. The van der Waals surface area contributed by atoms with Crippen LogP contribution in [-0.2, 0) is 0 Å². The van der Waals surface area contributed by atoms with Crippen LogP contribution in [0.3, 0.4) is 0 Å². The van der Waals surface area contributed by atoms with Gasteiger partial charge in [0.2, 0.25) is 0 Å². The Bertz CT molecular complexity index is 435. The molecule has 0 aliphatic heterocycles. The molecule has 0 aliphatic rings. The maximum atomic E-state index is 10.6. The second-order valence-electron chi connectivity index (χ2n) is 2.61. The van der Waals surface area contributed by atoms with Gasteiger partial charge in [-0.3, -0.25) is 0 Å². The lowest BCUT2D eigenvalue weighted by atomic mass is 10.3. The van der Waals surface area contributed by atoms with E-state index in [-0.39, 0.29) is 10.8 Å². The van der Waals surface area contributed by atoms with Crippen LogP contribution in [0, 0.1) is 30.3 Å². The molecule has 11 heteroatoms. The molecule has 0 fully saturated rings. The van der Waals surface area contributed by atoms with Gasteiger partial charge in [0, 0.05) is 0 Å². The van der Waals surface area contributed by atoms with Gasteiger partial charge in [-0.2, -0.15) is 0 Å². The summed E-state index contributed by atoms with van der Waals surface area (Å²) in [7, 11) is 0. The van der Waals surface area contributed by atoms with E-state index in [0.29, 0.717) is 0 Å². The van der Waals surface area contributed by atoms with Gasteiger partial charge in [0.05, 0.1) is 0 Å². The van der Waals surface area contributed by atoms with Crippen molar-refractivity contribution in [2.24, 2.45) is 0 Å². The van der Waals surface area contributed by atoms with Gasteiger partial charge in [-0.25, -0.2) is 30.3 Å². The Morgan fingerprint density at radius 1 is 0.824 bits per heavy atom. The third kappa shape index (κ3) is 2.53. The molecule has 0 aliphatic carbocycles. The van der Waals surface area contributed by atoms with Crippen molar-refractivity contribution in [1.82, 2.24) is 5.23 Å². The molecule has 0 radical (unpaired) electrons. The molecular weight excluding hydrogens is 238 g/mol. The second kappa shape index (κ2) is 4.69. The van der Waals surface area contributed by atoms with E-state index in [1.165, 1.54) is 18.2 Å². The maximum absolute atomic E-state index is 10.6. The van der Waals surface area contributed by atoms with Crippen LogP contribution < -0.4 is 5.12 Å². The molecule has 1 rings (SSSR count). The fourth-order valence-corrected chi connectivity index (χ4v) is 1.02. The first kappa shape index (κ1) is 12.1. The van der Waals surface area contributed by atoms with E-state index in [0.717, 1.165) is 12.1 Å². The fraction of sp³-hybridized carbons (Fsp3) is 0. The molecule has 0 spiro atoms. The molecule has 17 heavy (non-hydrogen) atoms. The zero-order valence-electron chi connectivity index (χ0n) is 8.07. The highest BCUT2D eigenvalue weighted by Gasteiger charge is 2.45. The van der Waals surface area contributed by atoms with Crippen molar-refractivity contribution >= 4 is 5.69 Å². The zero-order chi connectivity index (χ0) is 13.0. The maximum Gasteiger partial charge on any atom is 0.342 e. The minimum atomic E-state index is -1.50. The summed E-state index contributed by atoms with van der Waals surface area (Å²) in [6.45, 7) is 0. The Kier molecular flexibility index (Phi) is 3.34. The van der Waals surface area contributed by atoms with Crippen LogP contribution in [0.5, 0.6) is 0 Å². The SMILES string of the molecule is O=[N+]([O-])N(c1ccccc1)N([N+](=O)[O-])[N+](=O)[O-]. The molecule has 0 aromatic heterocycles. The van der Waals surface area contributed by atoms with Gasteiger partial charge >= 0.3 is 5.23 Å². The number of hydrogen-bond acceptors (Lipinski definition) is 6. The predicted molar refractivity (Wildman–Crippen MR) is 51.7 cm³/mol. The Hall–Kier alpha value is -2.98. The highest BCUT2D eigenvalue weighted by molar-refractivity contribution is 5.41.